The molecule has 0 atom stereocenters. The Morgan fingerprint density at radius 3 is 2.50 bits per heavy atom. The highest BCUT2D eigenvalue weighted by atomic mass is 19.1. The van der Waals surface area contributed by atoms with E-state index >= 15 is 0 Å². The molecular formula is C27H35FN4. The van der Waals surface area contributed by atoms with Crippen LogP contribution in [0.3, 0.4) is 0 Å². The Morgan fingerprint density at radius 1 is 1.22 bits per heavy atom. The van der Waals surface area contributed by atoms with Gasteiger partial charge < -0.3 is 10.2 Å². The molecule has 1 aromatic heterocycles. The van der Waals surface area contributed by atoms with Crippen molar-refractivity contribution in [2.45, 2.75) is 47.5 Å². The molecule has 1 aliphatic heterocycles. The molecule has 4 nitrogen and oxygen atoms in total. The van der Waals surface area contributed by atoms with Crippen molar-refractivity contribution in [3.8, 4) is 0 Å². The summed E-state index contributed by atoms with van der Waals surface area (Å²) in [6.07, 6.45) is 6.08. The number of halogens is 1. The molecule has 3 rings (SSSR count). The number of nitrogens with one attached hydrogen (secondary N) is 1. The average Bonchev–Trinajstić information content (AvgIpc) is 2.74. The quantitative estimate of drug-likeness (QED) is 0.516. The fraction of sp³-hybridized carbons (Fsp3) is 0.407. The van der Waals surface area contributed by atoms with Crippen LogP contribution in [0.4, 0.5) is 15.8 Å². The topological polar surface area (TPSA) is 40.5 Å². The third-order valence-electron chi connectivity index (χ3n) is 6.08. The van der Waals surface area contributed by atoms with Gasteiger partial charge in [-0.15, -0.1) is 0 Å². The molecule has 0 unspecified atom stereocenters. The molecule has 170 valence electrons. The van der Waals surface area contributed by atoms with Crippen LogP contribution in [0.25, 0.3) is 5.57 Å². The van der Waals surface area contributed by atoms with E-state index in [0.717, 1.165) is 71.0 Å². The van der Waals surface area contributed by atoms with Crippen LogP contribution < -0.4 is 5.32 Å². The average molecular weight is 435 g/mol. The summed E-state index contributed by atoms with van der Waals surface area (Å²) < 4.78 is 14.9. The number of aromatic nitrogens is 1. The number of benzene rings is 1. The molecule has 0 bridgehead atoms. The van der Waals surface area contributed by atoms with Crippen LogP contribution >= 0.6 is 0 Å². The lowest BCUT2D eigenvalue weighted by atomic mass is 9.93. The Labute approximate surface area is 192 Å². The lowest BCUT2D eigenvalue weighted by Crippen LogP contribution is -2.31. The predicted molar refractivity (Wildman–Crippen MR) is 134 cm³/mol. The van der Waals surface area contributed by atoms with Crippen molar-refractivity contribution in [3.63, 3.8) is 0 Å². The second-order valence-corrected chi connectivity index (χ2v) is 8.97. The van der Waals surface area contributed by atoms with Gasteiger partial charge in [0.25, 0.3) is 0 Å². The Bertz CT molecular complexity index is 1030. The lowest BCUT2D eigenvalue weighted by Gasteiger charge is -2.30. The fourth-order valence-electron chi connectivity index (χ4n) is 4.25. The normalized spacial score (nSPS) is 15.5. The van der Waals surface area contributed by atoms with Crippen LogP contribution in [0, 0.1) is 25.6 Å². The van der Waals surface area contributed by atoms with Gasteiger partial charge in [0.1, 0.15) is 11.5 Å². The zero-order valence-electron chi connectivity index (χ0n) is 20.2. The standard InChI is InChI=1S/C27H35FN4/c1-8-24(22-13-18(4)27(26(28)14-22)30-17(2)3)25-15-23(16-29-20(25)6)31-19(5)21-9-11-32(7)12-10-21/h8,13-16,21,31H,5,9-12H2,1-4,6-7H3/b24-8-. The van der Waals surface area contributed by atoms with E-state index in [-0.39, 0.29) is 5.82 Å². The molecule has 0 amide bonds. The van der Waals surface area contributed by atoms with Gasteiger partial charge in [-0.05, 0) is 102 Å². The molecule has 2 heterocycles. The van der Waals surface area contributed by atoms with Crippen LogP contribution in [-0.2, 0) is 0 Å². The van der Waals surface area contributed by atoms with Crippen LogP contribution in [0.5, 0.6) is 0 Å². The predicted octanol–water partition coefficient (Wildman–Crippen LogP) is 6.67. The summed E-state index contributed by atoms with van der Waals surface area (Å²) in [7, 11) is 2.16. The van der Waals surface area contributed by atoms with E-state index in [1.54, 1.807) is 6.07 Å². The minimum Gasteiger partial charge on any atom is -0.358 e. The number of rotatable bonds is 6. The summed E-state index contributed by atoms with van der Waals surface area (Å²) in [4.78, 5) is 11.3. The largest absolute Gasteiger partial charge is 0.358 e. The van der Waals surface area contributed by atoms with Gasteiger partial charge in [-0.2, -0.15) is 0 Å². The van der Waals surface area contributed by atoms with Gasteiger partial charge in [0.15, 0.2) is 0 Å². The maximum atomic E-state index is 14.9. The number of anilines is 1. The van der Waals surface area contributed by atoms with Gasteiger partial charge in [0, 0.05) is 28.6 Å². The Kier molecular flexibility index (Phi) is 7.62. The number of likely N-dealkylation sites (tertiary alicyclic amines) is 1. The summed E-state index contributed by atoms with van der Waals surface area (Å²) in [6, 6.07) is 5.66. The van der Waals surface area contributed by atoms with E-state index in [4.69, 9.17) is 0 Å². The summed E-state index contributed by atoms with van der Waals surface area (Å²) in [6.45, 7) is 16.1. The number of aryl methyl sites for hydroxylation is 2. The Morgan fingerprint density at radius 2 is 1.91 bits per heavy atom. The summed E-state index contributed by atoms with van der Waals surface area (Å²) in [5, 5.41) is 3.48. The number of piperidine rings is 1. The first-order valence-electron chi connectivity index (χ1n) is 11.3. The van der Waals surface area contributed by atoms with Gasteiger partial charge in [0.05, 0.1) is 11.9 Å². The van der Waals surface area contributed by atoms with Crippen LogP contribution in [-0.4, -0.2) is 35.7 Å². The van der Waals surface area contributed by atoms with Gasteiger partial charge in [0.2, 0.25) is 0 Å². The minimum atomic E-state index is -0.309. The van der Waals surface area contributed by atoms with Crippen LogP contribution in [0.2, 0.25) is 0 Å². The van der Waals surface area contributed by atoms with Crippen LogP contribution in [0.1, 0.15) is 56.0 Å². The highest BCUT2D eigenvalue weighted by molar-refractivity contribution is 5.85. The number of aliphatic imine (C=N–C) groups is 1. The van der Waals surface area contributed by atoms with E-state index in [1.807, 2.05) is 53.0 Å². The molecule has 1 fully saturated rings. The van der Waals surface area contributed by atoms with Crippen molar-refractivity contribution < 1.29 is 4.39 Å². The van der Waals surface area contributed by atoms with Crippen molar-refractivity contribution in [1.29, 1.82) is 0 Å². The number of pyridine rings is 1. The Hall–Kier alpha value is -2.79. The van der Waals surface area contributed by atoms with Crippen LogP contribution in [0.15, 0.2) is 47.7 Å². The molecule has 2 aromatic rings. The number of nitrogens with zero attached hydrogens (tertiary/aromatic N) is 3. The van der Waals surface area contributed by atoms with Crippen molar-refractivity contribution in [3.05, 3.63) is 70.9 Å². The van der Waals surface area contributed by atoms with E-state index in [0.29, 0.717) is 11.6 Å². The molecular weight excluding hydrogens is 399 g/mol. The molecule has 1 aromatic carbocycles. The zero-order chi connectivity index (χ0) is 23.4. The molecule has 0 radical (unpaired) electrons. The third kappa shape index (κ3) is 5.52. The fourth-order valence-corrected chi connectivity index (χ4v) is 4.25. The number of hydrogen-bond acceptors (Lipinski definition) is 4. The summed E-state index contributed by atoms with van der Waals surface area (Å²) in [5.41, 5.74) is 7.66. The molecule has 0 spiro atoms. The second-order valence-electron chi connectivity index (χ2n) is 8.97. The first kappa shape index (κ1) is 23.9. The first-order chi connectivity index (χ1) is 15.2. The molecule has 0 aliphatic carbocycles. The maximum absolute atomic E-state index is 14.9. The molecule has 1 N–H and O–H groups in total. The molecule has 1 aliphatic rings. The van der Waals surface area contributed by atoms with Crippen molar-refractivity contribution in [2.75, 3.05) is 25.5 Å². The second kappa shape index (κ2) is 10.2. The monoisotopic (exact) mass is 434 g/mol. The third-order valence-corrected chi connectivity index (χ3v) is 6.08. The smallest absolute Gasteiger partial charge is 0.149 e. The van der Waals surface area contributed by atoms with E-state index in [9.17, 15) is 4.39 Å². The maximum Gasteiger partial charge on any atom is 0.149 e. The van der Waals surface area contributed by atoms with Gasteiger partial charge in [-0.3, -0.25) is 9.98 Å². The van der Waals surface area contributed by atoms with Crippen molar-refractivity contribution in [2.24, 2.45) is 10.9 Å². The molecule has 32 heavy (non-hydrogen) atoms. The summed E-state index contributed by atoms with van der Waals surface area (Å²) in [5.74, 6) is 0.153. The van der Waals surface area contributed by atoms with Gasteiger partial charge in [-0.1, -0.05) is 12.7 Å². The minimum absolute atomic E-state index is 0.309. The molecule has 5 heteroatoms. The summed E-state index contributed by atoms with van der Waals surface area (Å²) >= 11 is 0. The van der Waals surface area contributed by atoms with Gasteiger partial charge in [-0.25, -0.2) is 4.39 Å². The van der Waals surface area contributed by atoms with E-state index in [2.05, 4.69) is 39.9 Å². The first-order valence-corrected chi connectivity index (χ1v) is 11.3. The van der Waals surface area contributed by atoms with Crippen molar-refractivity contribution >= 4 is 22.7 Å². The van der Waals surface area contributed by atoms with E-state index in [1.165, 1.54) is 0 Å². The number of hydrogen-bond donors (Lipinski definition) is 1. The molecule has 1 saturated heterocycles. The lowest BCUT2D eigenvalue weighted by molar-refractivity contribution is 0.239. The molecule has 0 saturated carbocycles. The Balaban J connectivity index is 1.90. The van der Waals surface area contributed by atoms with Gasteiger partial charge >= 0.3 is 0 Å². The number of allylic oxidation sites excluding steroid dienone is 2. The zero-order valence-corrected chi connectivity index (χ0v) is 20.2. The SMILES string of the molecule is C=C(Nc1cnc(C)c(/C(=C\C)c2cc(C)c(N=C(C)C)c(F)c2)c1)C1CCN(C)CC1. The van der Waals surface area contributed by atoms with E-state index < -0.39 is 0 Å². The highest BCUT2D eigenvalue weighted by Gasteiger charge is 2.20. The highest BCUT2D eigenvalue weighted by Crippen LogP contribution is 2.33. The van der Waals surface area contributed by atoms with Crippen molar-refractivity contribution in [1.82, 2.24) is 9.88 Å².